The number of carboxylic acid groups (broad SMARTS) is 1. The molecule has 1 amide bonds. The minimum absolute atomic E-state index is 0.122. The van der Waals surface area contributed by atoms with E-state index in [1.807, 2.05) is 0 Å². The summed E-state index contributed by atoms with van der Waals surface area (Å²) in [7, 11) is 0. The Morgan fingerprint density at radius 3 is 2.41 bits per heavy atom. The van der Waals surface area contributed by atoms with Crippen LogP contribution in [0.4, 0.5) is 4.79 Å². The maximum Gasteiger partial charge on any atom is 0.411 e. The molecule has 98 valence electrons. The van der Waals surface area contributed by atoms with Gasteiger partial charge in [0.15, 0.2) is 0 Å². The molecule has 1 fully saturated rings. The summed E-state index contributed by atoms with van der Waals surface area (Å²) in [4.78, 5) is 24.0. The van der Waals surface area contributed by atoms with Gasteiger partial charge in [0, 0.05) is 19.1 Å². The fourth-order valence-electron chi connectivity index (χ4n) is 1.81. The number of carboxylic acids is 1. The first-order valence-corrected chi connectivity index (χ1v) is 5.58. The number of hydrogen-bond donors (Lipinski definition) is 2. The van der Waals surface area contributed by atoms with Gasteiger partial charge < -0.3 is 14.9 Å². The Kier molecular flexibility index (Phi) is 3.98. The van der Waals surface area contributed by atoms with E-state index in [0.717, 1.165) is 0 Å². The van der Waals surface area contributed by atoms with Crippen LogP contribution in [0.1, 0.15) is 27.2 Å². The highest BCUT2D eigenvalue weighted by molar-refractivity contribution is 5.80. The predicted octanol–water partition coefficient (Wildman–Crippen LogP) is 0.689. The van der Waals surface area contributed by atoms with E-state index in [4.69, 9.17) is 14.9 Å². The van der Waals surface area contributed by atoms with Gasteiger partial charge in [-0.1, -0.05) is 0 Å². The number of ether oxygens (including phenoxy) is 1. The molecule has 0 aromatic carbocycles. The molecule has 2 N–H and O–H groups in total. The van der Waals surface area contributed by atoms with Gasteiger partial charge in [0.05, 0.1) is 0 Å². The Hall–Kier alpha value is -1.30. The minimum atomic E-state index is -1.06. The molecule has 1 unspecified atom stereocenters. The van der Waals surface area contributed by atoms with E-state index in [1.54, 1.807) is 20.8 Å². The van der Waals surface area contributed by atoms with Crippen molar-refractivity contribution in [1.82, 2.24) is 4.90 Å². The summed E-state index contributed by atoms with van der Waals surface area (Å²) in [6.07, 6.45) is -0.369. The lowest BCUT2D eigenvalue weighted by Crippen LogP contribution is -2.43. The van der Waals surface area contributed by atoms with Crippen molar-refractivity contribution in [1.29, 1.82) is 0 Å². The molecule has 1 aliphatic heterocycles. The molecular weight excluding hydrogens is 226 g/mol. The highest BCUT2D eigenvalue weighted by atomic mass is 16.6. The van der Waals surface area contributed by atoms with E-state index in [9.17, 15) is 9.59 Å². The fraction of sp³-hybridized carbons (Fsp3) is 0.818. The smallest absolute Gasteiger partial charge is 0.411 e. The second-order valence-corrected chi connectivity index (χ2v) is 5.27. The van der Waals surface area contributed by atoms with Crippen molar-refractivity contribution in [2.45, 2.75) is 38.8 Å². The van der Waals surface area contributed by atoms with Gasteiger partial charge in [0.25, 0.3) is 0 Å². The number of carbonyl (C=O) groups is 2. The number of rotatable bonds is 2. The van der Waals surface area contributed by atoms with E-state index in [2.05, 4.69) is 0 Å². The fourth-order valence-corrected chi connectivity index (χ4v) is 1.81. The molecule has 17 heavy (non-hydrogen) atoms. The molecule has 0 aromatic rings. The Labute approximate surface area is 100 Å². The standard InChI is InChI=1S/C11H19NO5/c1-11(2,3)17-10(16)12-5-7(6-13)4-8(12)9(14)15/h7-8,13H,4-6H2,1-3H3,(H,14,15)/t7?,8-/m0/s1. The van der Waals surface area contributed by atoms with E-state index >= 15 is 0 Å². The normalized spacial score (nSPS) is 24.8. The number of likely N-dealkylation sites (tertiary alicyclic amines) is 1. The largest absolute Gasteiger partial charge is 0.480 e. The third kappa shape index (κ3) is 3.59. The van der Waals surface area contributed by atoms with E-state index in [-0.39, 0.29) is 25.5 Å². The van der Waals surface area contributed by atoms with Crippen LogP contribution in [0.25, 0.3) is 0 Å². The zero-order chi connectivity index (χ0) is 13.2. The number of hydrogen-bond acceptors (Lipinski definition) is 4. The van der Waals surface area contributed by atoms with Gasteiger partial charge >= 0.3 is 12.1 Å². The molecule has 1 aliphatic rings. The number of aliphatic carboxylic acids is 1. The van der Waals surface area contributed by atoms with E-state index in [0.29, 0.717) is 0 Å². The van der Waals surface area contributed by atoms with Crippen LogP contribution in [0.5, 0.6) is 0 Å². The summed E-state index contributed by atoms with van der Waals surface area (Å²) in [5.74, 6) is -1.25. The highest BCUT2D eigenvalue weighted by Crippen LogP contribution is 2.25. The monoisotopic (exact) mass is 245 g/mol. The van der Waals surface area contributed by atoms with Crippen molar-refractivity contribution < 1.29 is 24.5 Å². The third-order valence-electron chi connectivity index (χ3n) is 2.56. The Balaban J connectivity index is 2.73. The van der Waals surface area contributed by atoms with Crippen molar-refractivity contribution >= 4 is 12.1 Å². The first kappa shape index (κ1) is 13.8. The molecule has 0 spiro atoms. The van der Waals surface area contributed by atoms with Crippen molar-refractivity contribution in [3.8, 4) is 0 Å². The van der Waals surface area contributed by atoms with E-state index < -0.39 is 23.7 Å². The topological polar surface area (TPSA) is 87.1 Å². The van der Waals surface area contributed by atoms with Crippen molar-refractivity contribution in [3.05, 3.63) is 0 Å². The summed E-state index contributed by atoms with van der Waals surface area (Å²) in [5.41, 5.74) is -0.655. The molecule has 1 rings (SSSR count). The number of carbonyl (C=O) groups excluding carboxylic acids is 1. The molecule has 6 nitrogen and oxygen atoms in total. The molecule has 0 aromatic heterocycles. The lowest BCUT2D eigenvalue weighted by Gasteiger charge is -2.26. The van der Waals surface area contributed by atoms with Crippen LogP contribution in [-0.4, -0.2) is 52.0 Å². The first-order valence-electron chi connectivity index (χ1n) is 5.58. The van der Waals surface area contributed by atoms with Gasteiger partial charge in [0.1, 0.15) is 11.6 Å². The van der Waals surface area contributed by atoms with Crippen molar-refractivity contribution in [2.75, 3.05) is 13.2 Å². The Morgan fingerprint density at radius 2 is 2.00 bits per heavy atom. The zero-order valence-corrected chi connectivity index (χ0v) is 10.3. The zero-order valence-electron chi connectivity index (χ0n) is 10.3. The van der Waals surface area contributed by atoms with Gasteiger partial charge in [-0.15, -0.1) is 0 Å². The average Bonchev–Trinajstić information content (AvgIpc) is 2.58. The number of amides is 1. The van der Waals surface area contributed by atoms with Gasteiger partial charge in [-0.2, -0.15) is 0 Å². The summed E-state index contributed by atoms with van der Waals surface area (Å²) >= 11 is 0. The van der Waals surface area contributed by atoms with Crippen LogP contribution >= 0.6 is 0 Å². The summed E-state index contributed by atoms with van der Waals surface area (Å²) in [6, 6.07) is -0.901. The van der Waals surface area contributed by atoms with Gasteiger partial charge in [-0.05, 0) is 27.2 Å². The molecule has 1 heterocycles. The summed E-state index contributed by atoms with van der Waals surface area (Å²) < 4.78 is 5.14. The van der Waals surface area contributed by atoms with Crippen molar-refractivity contribution in [3.63, 3.8) is 0 Å². The number of aliphatic hydroxyl groups is 1. The molecule has 0 aliphatic carbocycles. The maximum atomic E-state index is 11.8. The van der Waals surface area contributed by atoms with Gasteiger partial charge in [-0.3, -0.25) is 4.90 Å². The van der Waals surface area contributed by atoms with Crippen LogP contribution in [0, 0.1) is 5.92 Å². The van der Waals surface area contributed by atoms with Crippen LogP contribution in [0.2, 0.25) is 0 Å². The number of nitrogens with zero attached hydrogens (tertiary/aromatic N) is 1. The molecule has 0 bridgehead atoms. The molecule has 2 atom stereocenters. The van der Waals surface area contributed by atoms with Crippen LogP contribution < -0.4 is 0 Å². The predicted molar refractivity (Wildman–Crippen MR) is 59.6 cm³/mol. The second kappa shape index (κ2) is 4.91. The Bertz CT molecular complexity index is 309. The lowest BCUT2D eigenvalue weighted by molar-refractivity contribution is -0.142. The second-order valence-electron chi connectivity index (χ2n) is 5.27. The maximum absolute atomic E-state index is 11.8. The summed E-state index contributed by atoms with van der Waals surface area (Å²) in [6.45, 7) is 5.27. The van der Waals surface area contributed by atoms with Gasteiger partial charge in [-0.25, -0.2) is 9.59 Å². The molecule has 0 saturated carbocycles. The van der Waals surface area contributed by atoms with Gasteiger partial charge in [0.2, 0.25) is 0 Å². The quantitative estimate of drug-likeness (QED) is 0.747. The van der Waals surface area contributed by atoms with Crippen molar-refractivity contribution in [2.24, 2.45) is 5.92 Å². The Morgan fingerprint density at radius 1 is 1.41 bits per heavy atom. The summed E-state index contributed by atoms with van der Waals surface area (Å²) in [5, 5.41) is 18.0. The SMILES string of the molecule is CC(C)(C)OC(=O)N1CC(CO)C[C@H]1C(=O)O. The molecule has 1 saturated heterocycles. The molecular formula is C11H19NO5. The lowest BCUT2D eigenvalue weighted by atomic mass is 10.1. The van der Waals surface area contributed by atoms with Crippen LogP contribution in [0.15, 0.2) is 0 Å². The third-order valence-corrected chi connectivity index (χ3v) is 2.56. The average molecular weight is 245 g/mol. The minimum Gasteiger partial charge on any atom is -0.480 e. The van der Waals surface area contributed by atoms with E-state index in [1.165, 1.54) is 4.90 Å². The first-order chi connectivity index (χ1) is 7.74. The van der Waals surface area contributed by atoms with Crippen LogP contribution in [0.3, 0.4) is 0 Å². The van der Waals surface area contributed by atoms with Crippen LogP contribution in [-0.2, 0) is 9.53 Å². The molecule has 0 radical (unpaired) electrons. The number of aliphatic hydroxyl groups excluding tert-OH is 1. The highest BCUT2D eigenvalue weighted by Gasteiger charge is 2.41. The molecule has 6 heteroatoms.